The number of rotatable bonds is 7. The average Bonchev–Trinajstić information content (AvgIpc) is 2.44. The number of hydrogen-bond acceptors (Lipinski definition) is 6. The second-order valence-corrected chi connectivity index (χ2v) is 6.05. The molecule has 0 heterocycles. The van der Waals surface area contributed by atoms with Gasteiger partial charge in [0.05, 0.1) is 18.1 Å². The Morgan fingerprint density at radius 1 is 0.952 bits per heavy atom. The highest BCUT2D eigenvalue weighted by atomic mass is 32.3. The molecule has 0 aliphatic carbocycles. The third kappa shape index (κ3) is 9.93. The van der Waals surface area contributed by atoms with E-state index in [1.54, 1.807) is 18.2 Å². The van der Waals surface area contributed by atoms with E-state index in [4.69, 9.17) is 4.55 Å². The van der Waals surface area contributed by atoms with Gasteiger partial charge in [0.1, 0.15) is 0 Å². The molecule has 0 fully saturated rings. The first kappa shape index (κ1) is 19.5. The molecule has 0 bridgehead atoms. The highest BCUT2D eigenvalue weighted by molar-refractivity contribution is 7.86. The topological polar surface area (TPSA) is 107 Å². The van der Waals surface area contributed by atoms with Crippen molar-refractivity contribution in [2.75, 3.05) is 13.2 Å². The molecule has 1 aromatic rings. The first-order valence-corrected chi connectivity index (χ1v) is 8.28. The minimum absolute atomic E-state index is 0.00275. The fourth-order valence-electron chi connectivity index (χ4n) is 0.927. The van der Waals surface area contributed by atoms with Crippen molar-refractivity contribution in [3.8, 4) is 0 Å². The molecule has 0 aliphatic rings. The van der Waals surface area contributed by atoms with Gasteiger partial charge in [-0.3, -0.25) is 8.74 Å². The highest BCUT2D eigenvalue weighted by Crippen LogP contribution is 2.10. The van der Waals surface area contributed by atoms with Gasteiger partial charge in [-0.1, -0.05) is 30.4 Å². The van der Waals surface area contributed by atoms with E-state index in [9.17, 15) is 16.8 Å². The molecule has 0 amide bonds. The summed E-state index contributed by atoms with van der Waals surface area (Å²) in [5, 5.41) is 0. The monoisotopic (exact) mass is 336 g/mol. The van der Waals surface area contributed by atoms with Gasteiger partial charge in [-0.25, -0.2) is 4.18 Å². The van der Waals surface area contributed by atoms with Gasteiger partial charge in [0, 0.05) is 0 Å². The van der Waals surface area contributed by atoms with Gasteiger partial charge >= 0.3 is 10.4 Å². The lowest BCUT2D eigenvalue weighted by Crippen LogP contribution is -2.05. The van der Waals surface area contributed by atoms with Crippen molar-refractivity contribution in [2.45, 2.75) is 4.90 Å². The molecule has 7 nitrogen and oxygen atoms in total. The summed E-state index contributed by atoms with van der Waals surface area (Å²) in [4.78, 5) is 0.164. The van der Waals surface area contributed by atoms with Gasteiger partial charge < -0.3 is 0 Å². The molecule has 0 unspecified atom stereocenters. The van der Waals surface area contributed by atoms with E-state index < -0.39 is 20.5 Å². The predicted octanol–water partition coefficient (Wildman–Crippen LogP) is 1.57. The predicted molar refractivity (Wildman–Crippen MR) is 77.5 cm³/mol. The summed E-state index contributed by atoms with van der Waals surface area (Å²) in [5.41, 5.74) is 0. The standard InChI is InChI=1S/C9H10O3S.C3H6O4S/c1-2-8-12-13(10,11)9-6-4-3-5-7-9;1-2-3-7-8(4,5)6/h2-7H,1,8H2;2H,1,3H2,(H,4,5,6). The van der Waals surface area contributed by atoms with Crippen LogP contribution in [0.5, 0.6) is 0 Å². The van der Waals surface area contributed by atoms with Gasteiger partial charge in [0.25, 0.3) is 10.1 Å². The van der Waals surface area contributed by atoms with Crippen LogP contribution >= 0.6 is 0 Å². The van der Waals surface area contributed by atoms with Crippen molar-refractivity contribution >= 4 is 20.5 Å². The summed E-state index contributed by atoms with van der Waals surface area (Å²) in [7, 11) is -7.85. The Kier molecular flexibility index (Phi) is 8.74. The maximum absolute atomic E-state index is 11.3. The molecule has 1 rings (SSSR count). The summed E-state index contributed by atoms with van der Waals surface area (Å²) in [6.07, 6.45) is 2.61. The maximum Gasteiger partial charge on any atom is 0.397 e. The molecule has 118 valence electrons. The minimum atomic E-state index is -4.26. The molecule has 0 atom stereocenters. The van der Waals surface area contributed by atoms with Crippen LogP contribution in [0.1, 0.15) is 0 Å². The Hall–Kier alpha value is -1.52. The van der Waals surface area contributed by atoms with Crippen LogP contribution in [0, 0.1) is 0 Å². The molecular formula is C12H16O7S2. The van der Waals surface area contributed by atoms with E-state index in [2.05, 4.69) is 21.5 Å². The van der Waals surface area contributed by atoms with Crippen LogP contribution in [0.2, 0.25) is 0 Å². The van der Waals surface area contributed by atoms with E-state index in [-0.39, 0.29) is 18.1 Å². The van der Waals surface area contributed by atoms with E-state index in [0.29, 0.717) is 0 Å². The zero-order chi connectivity index (χ0) is 16.4. The van der Waals surface area contributed by atoms with Crippen LogP contribution in [-0.4, -0.2) is 34.6 Å². The van der Waals surface area contributed by atoms with Crippen molar-refractivity contribution in [1.29, 1.82) is 0 Å². The van der Waals surface area contributed by atoms with Crippen molar-refractivity contribution < 1.29 is 29.8 Å². The normalized spacial score (nSPS) is 11.1. The zero-order valence-corrected chi connectivity index (χ0v) is 12.7. The van der Waals surface area contributed by atoms with Crippen LogP contribution in [0.3, 0.4) is 0 Å². The highest BCUT2D eigenvalue weighted by Gasteiger charge is 2.12. The van der Waals surface area contributed by atoms with Crippen LogP contribution in [-0.2, 0) is 28.9 Å². The molecular weight excluding hydrogens is 320 g/mol. The lowest BCUT2D eigenvalue weighted by Gasteiger charge is -2.01. The molecule has 0 spiro atoms. The van der Waals surface area contributed by atoms with Gasteiger partial charge in [-0.15, -0.1) is 13.2 Å². The van der Waals surface area contributed by atoms with E-state index >= 15 is 0 Å². The number of benzene rings is 1. The third-order valence-electron chi connectivity index (χ3n) is 1.71. The van der Waals surface area contributed by atoms with Crippen molar-refractivity contribution in [3.63, 3.8) is 0 Å². The average molecular weight is 336 g/mol. The third-order valence-corrected chi connectivity index (χ3v) is 3.44. The van der Waals surface area contributed by atoms with Crippen molar-refractivity contribution in [1.82, 2.24) is 0 Å². The molecule has 0 saturated carbocycles. The Balaban J connectivity index is 0.000000433. The fourth-order valence-corrected chi connectivity index (χ4v) is 2.10. The maximum atomic E-state index is 11.3. The molecule has 0 radical (unpaired) electrons. The first-order chi connectivity index (χ1) is 9.73. The molecule has 9 heteroatoms. The second kappa shape index (κ2) is 9.42. The summed E-state index contributed by atoms with van der Waals surface area (Å²) >= 11 is 0. The van der Waals surface area contributed by atoms with Crippen LogP contribution in [0.4, 0.5) is 0 Å². The van der Waals surface area contributed by atoms with Crippen LogP contribution < -0.4 is 0 Å². The summed E-state index contributed by atoms with van der Waals surface area (Å²) < 4.78 is 58.3. The quantitative estimate of drug-likeness (QED) is 0.457. The van der Waals surface area contributed by atoms with E-state index in [1.807, 2.05) is 0 Å². The van der Waals surface area contributed by atoms with E-state index in [1.165, 1.54) is 24.3 Å². The Morgan fingerprint density at radius 2 is 1.43 bits per heavy atom. The summed E-state index contributed by atoms with van der Waals surface area (Å²) in [6, 6.07) is 8.00. The molecule has 1 aromatic carbocycles. The van der Waals surface area contributed by atoms with E-state index in [0.717, 1.165) is 0 Å². The first-order valence-electron chi connectivity index (χ1n) is 5.51. The van der Waals surface area contributed by atoms with Crippen LogP contribution in [0.25, 0.3) is 0 Å². The molecule has 0 saturated heterocycles. The molecule has 21 heavy (non-hydrogen) atoms. The number of hydrogen-bond donors (Lipinski definition) is 1. The molecule has 0 aromatic heterocycles. The van der Waals surface area contributed by atoms with Gasteiger partial charge in [-0.05, 0) is 12.1 Å². The minimum Gasteiger partial charge on any atom is -0.264 e. The SMILES string of the molecule is C=CCOS(=O)(=O)O.C=CCOS(=O)(=O)c1ccccc1. The Morgan fingerprint density at radius 3 is 1.81 bits per heavy atom. The lowest BCUT2D eigenvalue weighted by atomic mass is 10.4. The lowest BCUT2D eigenvalue weighted by molar-refractivity contribution is 0.296. The molecule has 1 N–H and O–H groups in total. The second-order valence-electron chi connectivity index (χ2n) is 3.34. The van der Waals surface area contributed by atoms with Gasteiger partial charge in [0.15, 0.2) is 0 Å². The zero-order valence-electron chi connectivity index (χ0n) is 11.1. The van der Waals surface area contributed by atoms with Crippen molar-refractivity contribution in [2.24, 2.45) is 0 Å². The van der Waals surface area contributed by atoms with Gasteiger partial charge in [-0.2, -0.15) is 16.8 Å². The smallest absolute Gasteiger partial charge is 0.264 e. The largest absolute Gasteiger partial charge is 0.397 e. The summed E-state index contributed by atoms with van der Waals surface area (Å²) in [5.74, 6) is 0. The van der Waals surface area contributed by atoms with Crippen molar-refractivity contribution in [3.05, 3.63) is 55.6 Å². The fraction of sp³-hybridized carbons (Fsp3) is 0.167. The Labute approximate surface area is 124 Å². The van der Waals surface area contributed by atoms with Gasteiger partial charge in [0.2, 0.25) is 0 Å². The summed E-state index contributed by atoms with van der Waals surface area (Å²) in [6.45, 7) is 6.33. The molecule has 0 aliphatic heterocycles. The Bertz CT molecular complexity index is 633. The van der Waals surface area contributed by atoms with Crippen LogP contribution in [0.15, 0.2) is 60.5 Å².